The van der Waals surface area contributed by atoms with Crippen molar-refractivity contribution in [2.45, 2.75) is 50.5 Å². The average molecular weight is 528 g/mol. The van der Waals surface area contributed by atoms with E-state index in [1.807, 2.05) is 0 Å². The largest absolute Gasteiger partial charge is 0.334 e. The second kappa shape index (κ2) is 8.10. The molecule has 0 amide bonds. The highest BCUT2D eigenvalue weighted by Gasteiger charge is 2.57. The Morgan fingerprint density at radius 1 is 0.537 bits per heavy atom. The number of fused-ring (bicyclic) bond motifs is 4. The first kappa shape index (κ1) is 23.4. The summed E-state index contributed by atoms with van der Waals surface area (Å²) in [5.74, 6) is 0. The lowest BCUT2D eigenvalue weighted by Crippen LogP contribution is -2.54. The van der Waals surface area contributed by atoms with Gasteiger partial charge in [0.1, 0.15) is 0 Å². The lowest BCUT2D eigenvalue weighted by molar-refractivity contribution is 0.195. The molecule has 1 nitrogen and oxygen atoms in total. The Balaban J connectivity index is 1.30. The standard InChI is InChI=1S/C40H33N/c1-39-23-5-6-24-40(39,2)41(35-14-8-10-26-9-3-4-13-32(26)35)36-22-19-30(25-34(36)39)31-20-17-29-16-15-27-11-7-12-28-18-21-33(31)38(29)37(27)28/h3-4,7-22,25H,5-6,23-24H2,1-2H3. The second-order valence-electron chi connectivity index (χ2n) is 12.8. The van der Waals surface area contributed by atoms with Gasteiger partial charge in [0.2, 0.25) is 0 Å². The van der Waals surface area contributed by atoms with Crippen LogP contribution >= 0.6 is 0 Å². The summed E-state index contributed by atoms with van der Waals surface area (Å²) in [5, 5.41) is 10.8. The maximum Gasteiger partial charge on any atom is 0.0518 e. The van der Waals surface area contributed by atoms with Crippen molar-refractivity contribution in [1.82, 2.24) is 0 Å². The maximum atomic E-state index is 2.72. The van der Waals surface area contributed by atoms with Crippen molar-refractivity contribution in [3.63, 3.8) is 0 Å². The van der Waals surface area contributed by atoms with Gasteiger partial charge >= 0.3 is 0 Å². The minimum atomic E-state index is 0.0268. The summed E-state index contributed by atoms with van der Waals surface area (Å²) in [7, 11) is 0. The fourth-order valence-corrected chi connectivity index (χ4v) is 8.67. The minimum absolute atomic E-state index is 0.0268. The predicted octanol–water partition coefficient (Wildman–Crippen LogP) is 11.1. The van der Waals surface area contributed by atoms with E-state index in [2.05, 4.69) is 134 Å². The summed E-state index contributed by atoms with van der Waals surface area (Å²) < 4.78 is 0. The van der Waals surface area contributed by atoms with Gasteiger partial charge in [-0.3, -0.25) is 0 Å². The molecule has 1 aliphatic carbocycles. The molecule has 7 aromatic rings. The molecule has 7 aromatic carbocycles. The van der Waals surface area contributed by atoms with Crippen LogP contribution in [-0.2, 0) is 5.41 Å². The highest BCUT2D eigenvalue weighted by Crippen LogP contribution is 2.62. The first-order valence-electron chi connectivity index (χ1n) is 15.2. The molecular formula is C40H33N. The zero-order valence-electron chi connectivity index (χ0n) is 23.7. The molecule has 0 N–H and O–H groups in total. The summed E-state index contributed by atoms with van der Waals surface area (Å²) >= 11 is 0. The smallest absolute Gasteiger partial charge is 0.0518 e. The van der Waals surface area contributed by atoms with Crippen LogP contribution in [0.1, 0.15) is 45.1 Å². The molecule has 2 aliphatic rings. The number of rotatable bonds is 2. The van der Waals surface area contributed by atoms with Gasteiger partial charge in [0.15, 0.2) is 0 Å². The van der Waals surface area contributed by atoms with Gasteiger partial charge in [-0.25, -0.2) is 0 Å². The molecule has 198 valence electrons. The number of hydrogen-bond donors (Lipinski definition) is 0. The van der Waals surface area contributed by atoms with E-state index in [1.165, 1.54) is 96.8 Å². The van der Waals surface area contributed by atoms with Crippen LogP contribution in [0.4, 0.5) is 11.4 Å². The molecule has 9 rings (SSSR count). The molecule has 0 radical (unpaired) electrons. The van der Waals surface area contributed by atoms with Gasteiger partial charge in [-0.15, -0.1) is 0 Å². The third-order valence-electron chi connectivity index (χ3n) is 11.0. The van der Waals surface area contributed by atoms with Gasteiger partial charge in [-0.2, -0.15) is 0 Å². The van der Waals surface area contributed by atoms with Crippen LogP contribution in [-0.4, -0.2) is 5.54 Å². The van der Waals surface area contributed by atoms with Crippen molar-refractivity contribution in [2.75, 3.05) is 4.90 Å². The second-order valence-corrected chi connectivity index (χ2v) is 12.8. The molecular weight excluding hydrogens is 494 g/mol. The van der Waals surface area contributed by atoms with Gasteiger partial charge in [0.25, 0.3) is 0 Å². The van der Waals surface area contributed by atoms with Crippen molar-refractivity contribution in [2.24, 2.45) is 0 Å². The summed E-state index contributed by atoms with van der Waals surface area (Å²) in [6, 6.07) is 43.6. The van der Waals surface area contributed by atoms with Gasteiger partial charge in [-0.1, -0.05) is 117 Å². The fraction of sp³-hybridized carbons (Fsp3) is 0.200. The maximum absolute atomic E-state index is 2.72. The lowest BCUT2D eigenvalue weighted by Gasteiger charge is -2.50. The fourth-order valence-electron chi connectivity index (χ4n) is 8.67. The number of nitrogens with zero attached hydrogens (tertiary/aromatic N) is 1. The summed E-state index contributed by atoms with van der Waals surface area (Å²) in [4.78, 5) is 2.72. The molecule has 0 bridgehead atoms. The molecule has 2 atom stereocenters. The Morgan fingerprint density at radius 2 is 1.22 bits per heavy atom. The molecule has 1 saturated carbocycles. The predicted molar refractivity (Wildman–Crippen MR) is 176 cm³/mol. The third-order valence-corrected chi connectivity index (χ3v) is 11.0. The molecule has 41 heavy (non-hydrogen) atoms. The van der Waals surface area contributed by atoms with E-state index in [0.717, 1.165) is 0 Å². The molecule has 0 aromatic heterocycles. The molecule has 1 aliphatic heterocycles. The molecule has 0 spiro atoms. The van der Waals surface area contributed by atoms with Crippen LogP contribution in [0.3, 0.4) is 0 Å². The van der Waals surface area contributed by atoms with E-state index in [4.69, 9.17) is 0 Å². The highest BCUT2D eigenvalue weighted by molar-refractivity contribution is 6.25. The molecule has 1 fully saturated rings. The number of benzene rings is 7. The molecule has 0 saturated heterocycles. The monoisotopic (exact) mass is 527 g/mol. The minimum Gasteiger partial charge on any atom is -0.334 e. The Labute approximate surface area is 241 Å². The van der Waals surface area contributed by atoms with Crippen LogP contribution in [0.25, 0.3) is 54.2 Å². The lowest BCUT2D eigenvalue weighted by atomic mass is 9.61. The topological polar surface area (TPSA) is 3.24 Å². The van der Waals surface area contributed by atoms with Crippen molar-refractivity contribution >= 4 is 54.5 Å². The molecule has 2 unspecified atom stereocenters. The normalized spacial score (nSPS) is 22.1. The zero-order valence-corrected chi connectivity index (χ0v) is 23.7. The average Bonchev–Trinajstić information content (AvgIpc) is 3.22. The summed E-state index contributed by atoms with van der Waals surface area (Å²) in [5.41, 5.74) is 7.01. The summed E-state index contributed by atoms with van der Waals surface area (Å²) in [6.07, 6.45) is 5.00. The van der Waals surface area contributed by atoms with E-state index in [0.29, 0.717) is 0 Å². The zero-order chi connectivity index (χ0) is 27.3. The van der Waals surface area contributed by atoms with Gasteiger partial charge in [0.05, 0.1) is 5.54 Å². The van der Waals surface area contributed by atoms with Crippen LogP contribution < -0.4 is 4.90 Å². The number of anilines is 2. The van der Waals surface area contributed by atoms with E-state index in [9.17, 15) is 0 Å². The van der Waals surface area contributed by atoms with E-state index in [1.54, 1.807) is 0 Å². The third kappa shape index (κ3) is 2.96. The van der Waals surface area contributed by atoms with Crippen LogP contribution in [0, 0.1) is 0 Å². The van der Waals surface area contributed by atoms with Gasteiger partial charge in [0, 0.05) is 22.2 Å². The molecule has 1 heterocycles. The van der Waals surface area contributed by atoms with Crippen LogP contribution in [0.2, 0.25) is 0 Å². The van der Waals surface area contributed by atoms with Crippen LogP contribution in [0.15, 0.2) is 115 Å². The van der Waals surface area contributed by atoms with Crippen molar-refractivity contribution in [3.8, 4) is 11.1 Å². The van der Waals surface area contributed by atoms with E-state index < -0.39 is 0 Å². The quantitative estimate of drug-likeness (QED) is 0.202. The SMILES string of the molecule is CC12CCCCC1(C)N(c1cccc3ccccc13)c1ccc(-c3ccc4ccc5cccc6ccc3c4c56)cc12. The Hall–Kier alpha value is -4.36. The first-order valence-corrected chi connectivity index (χ1v) is 15.2. The van der Waals surface area contributed by atoms with Gasteiger partial charge < -0.3 is 4.90 Å². The Bertz CT molecular complexity index is 2130. The Morgan fingerprint density at radius 3 is 2.10 bits per heavy atom. The van der Waals surface area contributed by atoms with Crippen molar-refractivity contribution < 1.29 is 0 Å². The van der Waals surface area contributed by atoms with Crippen molar-refractivity contribution in [1.29, 1.82) is 0 Å². The number of hydrogen-bond acceptors (Lipinski definition) is 1. The molecule has 1 heteroatoms. The van der Waals surface area contributed by atoms with Crippen LogP contribution in [0.5, 0.6) is 0 Å². The van der Waals surface area contributed by atoms with E-state index >= 15 is 0 Å². The van der Waals surface area contributed by atoms with E-state index in [-0.39, 0.29) is 11.0 Å². The van der Waals surface area contributed by atoms with Crippen molar-refractivity contribution in [3.05, 3.63) is 121 Å². The Kier molecular flexibility index (Phi) is 4.62. The summed E-state index contributed by atoms with van der Waals surface area (Å²) in [6.45, 7) is 5.08. The van der Waals surface area contributed by atoms with Gasteiger partial charge in [-0.05, 0) is 92.4 Å². The first-order chi connectivity index (χ1) is 20.1. The highest BCUT2D eigenvalue weighted by atomic mass is 15.3.